The summed E-state index contributed by atoms with van der Waals surface area (Å²) in [5.41, 5.74) is -0.0335. The number of hydrogen-bond donors (Lipinski definition) is 3. The average Bonchev–Trinajstić information content (AvgIpc) is 2.98. The third-order valence-electron chi connectivity index (χ3n) is 4.01. The summed E-state index contributed by atoms with van der Waals surface area (Å²) in [6, 6.07) is -0.00264. The van der Waals surface area contributed by atoms with Crippen molar-refractivity contribution in [3.05, 3.63) is 0 Å². The Bertz CT molecular complexity index is 243. The molecule has 0 spiro atoms. The molecule has 4 heteroatoms. The third kappa shape index (κ3) is 2.55. The molecule has 2 fully saturated rings. The zero-order valence-electron chi connectivity index (χ0n) is 9.80. The maximum atomic E-state index is 11.8. The van der Waals surface area contributed by atoms with E-state index in [1.807, 2.05) is 0 Å². The molecule has 0 bridgehead atoms. The van der Waals surface area contributed by atoms with Crippen LogP contribution >= 0.6 is 0 Å². The van der Waals surface area contributed by atoms with Gasteiger partial charge in [-0.15, -0.1) is 0 Å². The minimum atomic E-state index is -0.0335. The number of amides is 1. The predicted octanol–water partition coefficient (Wildman–Crippen LogP) is 0.407. The van der Waals surface area contributed by atoms with Crippen molar-refractivity contribution in [1.29, 1.82) is 0 Å². The number of carbonyl (C=O) groups excluding carboxylic acids is 1. The smallest absolute Gasteiger partial charge is 0.237 e. The van der Waals surface area contributed by atoms with Gasteiger partial charge in [0.1, 0.15) is 0 Å². The molecule has 0 aromatic heterocycles. The van der Waals surface area contributed by atoms with Crippen molar-refractivity contribution in [3.63, 3.8) is 0 Å². The first kappa shape index (κ1) is 11.9. The highest BCUT2D eigenvalue weighted by atomic mass is 16.3. The molecule has 92 valence electrons. The van der Waals surface area contributed by atoms with Gasteiger partial charge in [-0.25, -0.2) is 0 Å². The van der Waals surface area contributed by atoms with Crippen molar-refractivity contribution < 1.29 is 9.90 Å². The molecule has 1 amide bonds. The number of aliphatic hydroxyl groups is 1. The monoisotopic (exact) mass is 226 g/mol. The lowest BCUT2D eigenvalue weighted by atomic mass is 9.87. The van der Waals surface area contributed by atoms with Crippen molar-refractivity contribution in [1.82, 2.24) is 10.6 Å². The highest BCUT2D eigenvalue weighted by Gasteiger charge is 2.34. The molecule has 1 saturated carbocycles. The quantitative estimate of drug-likeness (QED) is 0.650. The number of carbonyl (C=O) groups is 1. The zero-order chi connectivity index (χ0) is 11.4. The van der Waals surface area contributed by atoms with E-state index in [-0.39, 0.29) is 24.0 Å². The predicted molar refractivity (Wildman–Crippen MR) is 62.0 cm³/mol. The Morgan fingerprint density at radius 1 is 1.38 bits per heavy atom. The Labute approximate surface area is 96.8 Å². The van der Waals surface area contributed by atoms with Crippen molar-refractivity contribution in [2.24, 2.45) is 5.41 Å². The fourth-order valence-electron chi connectivity index (χ4n) is 2.82. The molecule has 1 aliphatic carbocycles. The Morgan fingerprint density at radius 2 is 2.12 bits per heavy atom. The molecule has 1 atom stereocenters. The molecule has 4 nitrogen and oxygen atoms in total. The Kier molecular flexibility index (Phi) is 3.82. The van der Waals surface area contributed by atoms with E-state index in [1.54, 1.807) is 0 Å². The van der Waals surface area contributed by atoms with E-state index in [0.717, 1.165) is 32.2 Å². The van der Waals surface area contributed by atoms with Gasteiger partial charge in [-0.05, 0) is 32.2 Å². The maximum Gasteiger partial charge on any atom is 0.237 e. The highest BCUT2D eigenvalue weighted by molar-refractivity contribution is 5.82. The summed E-state index contributed by atoms with van der Waals surface area (Å²) in [5, 5.41) is 15.6. The van der Waals surface area contributed by atoms with Gasteiger partial charge in [0, 0.05) is 12.0 Å². The average molecular weight is 226 g/mol. The fraction of sp³-hybridized carbons (Fsp3) is 0.917. The first-order valence-electron chi connectivity index (χ1n) is 6.38. The summed E-state index contributed by atoms with van der Waals surface area (Å²) in [4.78, 5) is 11.8. The minimum absolute atomic E-state index is 0.00264. The molecule has 1 heterocycles. The highest BCUT2D eigenvalue weighted by Crippen LogP contribution is 2.36. The number of aliphatic hydroxyl groups excluding tert-OH is 1. The van der Waals surface area contributed by atoms with Crippen LogP contribution in [0.5, 0.6) is 0 Å². The summed E-state index contributed by atoms with van der Waals surface area (Å²) in [6.07, 6.45) is 6.47. The molecule has 0 aromatic rings. The van der Waals surface area contributed by atoms with Crippen LogP contribution in [0.25, 0.3) is 0 Å². The summed E-state index contributed by atoms with van der Waals surface area (Å²) in [6.45, 7) is 1.79. The molecule has 1 aliphatic heterocycles. The number of rotatable bonds is 4. The fourth-order valence-corrected chi connectivity index (χ4v) is 2.82. The summed E-state index contributed by atoms with van der Waals surface area (Å²) >= 11 is 0. The summed E-state index contributed by atoms with van der Waals surface area (Å²) < 4.78 is 0. The standard InChI is InChI=1S/C12H22N2O2/c15-9-12(5-1-2-6-12)8-14-11(16)10-4-3-7-13-10/h10,13,15H,1-9H2,(H,14,16)/t10-/m0/s1. The lowest BCUT2D eigenvalue weighted by molar-refractivity contribution is -0.123. The van der Waals surface area contributed by atoms with Gasteiger partial charge in [0.15, 0.2) is 0 Å². The van der Waals surface area contributed by atoms with Crippen LogP contribution in [0.3, 0.4) is 0 Å². The zero-order valence-corrected chi connectivity index (χ0v) is 9.80. The molecule has 2 aliphatic rings. The molecular formula is C12H22N2O2. The van der Waals surface area contributed by atoms with Crippen LogP contribution in [0, 0.1) is 5.41 Å². The van der Waals surface area contributed by atoms with Crippen LogP contribution in [-0.2, 0) is 4.79 Å². The van der Waals surface area contributed by atoms with Crippen LogP contribution in [0.1, 0.15) is 38.5 Å². The first-order valence-corrected chi connectivity index (χ1v) is 6.38. The maximum absolute atomic E-state index is 11.8. The van der Waals surface area contributed by atoms with Crippen LogP contribution in [0.15, 0.2) is 0 Å². The van der Waals surface area contributed by atoms with Gasteiger partial charge in [-0.3, -0.25) is 4.79 Å². The van der Waals surface area contributed by atoms with E-state index >= 15 is 0 Å². The van der Waals surface area contributed by atoms with Crippen LogP contribution in [0.2, 0.25) is 0 Å². The molecular weight excluding hydrogens is 204 g/mol. The van der Waals surface area contributed by atoms with E-state index in [0.29, 0.717) is 6.54 Å². The number of nitrogens with one attached hydrogen (secondary N) is 2. The Balaban J connectivity index is 1.79. The molecule has 0 radical (unpaired) electrons. The molecule has 0 aromatic carbocycles. The van der Waals surface area contributed by atoms with Crippen molar-refractivity contribution in [2.45, 2.75) is 44.6 Å². The van der Waals surface area contributed by atoms with Crippen molar-refractivity contribution in [3.8, 4) is 0 Å². The lowest BCUT2D eigenvalue weighted by Crippen LogP contribution is -2.45. The minimum Gasteiger partial charge on any atom is -0.396 e. The molecule has 2 rings (SSSR count). The van der Waals surface area contributed by atoms with Crippen LogP contribution < -0.4 is 10.6 Å². The summed E-state index contributed by atoms with van der Waals surface area (Å²) in [7, 11) is 0. The van der Waals surface area contributed by atoms with Gasteiger partial charge in [0.2, 0.25) is 5.91 Å². The molecule has 1 saturated heterocycles. The second kappa shape index (κ2) is 5.15. The third-order valence-corrected chi connectivity index (χ3v) is 4.01. The molecule has 16 heavy (non-hydrogen) atoms. The van der Waals surface area contributed by atoms with E-state index in [4.69, 9.17) is 0 Å². The molecule has 3 N–H and O–H groups in total. The van der Waals surface area contributed by atoms with Crippen molar-refractivity contribution in [2.75, 3.05) is 19.7 Å². The van der Waals surface area contributed by atoms with Crippen molar-refractivity contribution >= 4 is 5.91 Å². The Hall–Kier alpha value is -0.610. The van der Waals surface area contributed by atoms with Gasteiger partial charge in [0.25, 0.3) is 0 Å². The van der Waals surface area contributed by atoms with Crippen LogP contribution in [-0.4, -0.2) is 36.8 Å². The van der Waals surface area contributed by atoms with Gasteiger partial charge in [-0.1, -0.05) is 12.8 Å². The van der Waals surface area contributed by atoms with Gasteiger partial charge in [0.05, 0.1) is 12.6 Å². The van der Waals surface area contributed by atoms with E-state index < -0.39 is 0 Å². The topological polar surface area (TPSA) is 61.4 Å². The SMILES string of the molecule is O=C(NCC1(CO)CCCC1)[C@@H]1CCCN1. The summed E-state index contributed by atoms with van der Waals surface area (Å²) in [5.74, 6) is 0.109. The van der Waals surface area contributed by atoms with E-state index in [1.165, 1.54) is 12.8 Å². The molecule has 0 unspecified atom stereocenters. The number of hydrogen-bond acceptors (Lipinski definition) is 3. The second-order valence-corrected chi connectivity index (χ2v) is 5.23. The second-order valence-electron chi connectivity index (χ2n) is 5.23. The van der Waals surface area contributed by atoms with Gasteiger partial charge in [-0.2, -0.15) is 0 Å². The normalized spacial score (nSPS) is 28.2. The van der Waals surface area contributed by atoms with Crippen LogP contribution in [0.4, 0.5) is 0 Å². The van der Waals surface area contributed by atoms with E-state index in [2.05, 4.69) is 10.6 Å². The van der Waals surface area contributed by atoms with Gasteiger partial charge >= 0.3 is 0 Å². The largest absolute Gasteiger partial charge is 0.396 e. The van der Waals surface area contributed by atoms with Gasteiger partial charge < -0.3 is 15.7 Å². The first-order chi connectivity index (χ1) is 7.76. The Morgan fingerprint density at radius 3 is 2.69 bits per heavy atom. The lowest BCUT2D eigenvalue weighted by Gasteiger charge is -2.27. The van der Waals surface area contributed by atoms with E-state index in [9.17, 15) is 9.90 Å².